The maximum absolute atomic E-state index is 13.2. The number of alkyl halides is 3. The predicted molar refractivity (Wildman–Crippen MR) is 122 cm³/mol. The van der Waals surface area contributed by atoms with E-state index in [9.17, 15) is 18.0 Å². The zero-order valence-corrected chi connectivity index (χ0v) is 19.6. The van der Waals surface area contributed by atoms with Crippen molar-refractivity contribution >= 4 is 34.3 Å². The van der Waals surface area contributed by atoms with Gasteiger partial charge >= 0.3 is 6.18 Å². The van der Waals surface area contributed by atoms with Crippen molar-refractivity contribution in [3.05, 3.63) is 34.4 Å². The summed E-state index contributed by atoms with van der Waals surface area (Å²) in [5, 5.41) is 9.67. The van der Waals surface area contributed by atoms with Gasteiger partial charge in [-0.15, -0.1) is 22.7 Å². The Balaban J connectivity index is 1.51. The van der Waals surface area contributed by atoms with E-state index in [1.807, 2.05) is 19.2 Å². The predicted octanol–water partition coefficient (Wildman–Crippen LogP) is 5.72. The Kier molecular flexibility index (Phi) is 8.05. The van der Waals surface area contributed by atoms with Crippen LogP contribution in [0.15, 0.2) is 29.0 Å². The Morgan fingerprint density at radius 1 is 1.31 bits per heavy atom. The van der Waals surface area contributed by atoms with Crippen LogP contribution in [0.2, 0.25) is 0 Å². The van der Waals surface area contributed by atoms with Crippen molar-refractivity contribution in [2.75, 3.05) is 6.54 Å². The van der Waals surface area contributed by atoms with E-state index in [1.54, 1.807) is 6.20 Å². The van der Waals surface area contributed by atoms with Crippen LogP contribution in [-0.4, -0.2) is 34.3 Å². The quantitative estimate of drug-likeness (QED) is 0.242. The van der Waals surface area contributed by atoms with Gasteiger partial charge < -0.3 is 5.32 Å². The molecule has 2 aromatic heterocycles. The van der Waals surface area contributed by atoms with Gasteiger partial charge in [-0.25, -0.2) is 9.97 Å². The second-order valence-electron chi connectivity index (χ2n) is 7.90. The summed E-state index contributed by atoms with van der Waals surface area (Å²) in [6.45, 7) is 7.57. The number of nitrogens with one attached hydrogen (secondary N) is 2. The van der Waals surface area contributed by atoms with Crippen LogP contribution in [0.1, 0.15) is 67.2 Å². The largest absolute Gasteiger partial charge is 0.431 e. The van der Waals surface area contributed by atoms with Crippen LogP contribution in [0.5, 0.6) is 0 Å². The molecule has 0 saturated heterocycles. The minimum atomic E-state index is -4.51. The number of thiazole rings is 2. The second kappa shape index (κ2) is 10.6. The highest BCUT2D eigenvalue weighted by Crippen LogP contribution is 2.46. The van der Waals surface area contributed by atoms with E-state index in [0.717, 1.165) is 27.7 Å². The van der Waals surface area contributed by atoms with Gasteiger partial charge in [-0.2, -0.15) is 18.3 Å². The topological polar surface area (TPSA) is 79.3 Å². The number of aromatic nitrogens is 2. The van der Waals surface area contributed by atoms with Crippen LogP contribution in [0.3, 0.4) is 0 Å². The molecule has 3 rings (SSSR count). The van der Waals surface area contributed by atoms with Crippen molar-refractivity contribution in [2.45, 2.75) is 58.0 Å². The molecule has 11 heteroatoms. The number of carbonyl (C=O) groups excluding carboxylic acids is 1. The highest BCUT2D eigenvalue weighted by Gasteiger charge is 2.35. The van der Waals surface area contributed by atoms with Gasteiger partial charge in [-0.1, -0.05) is 20.4 Å². The number of hydrogen-bond donors (Lipinski definition) is 2. The van der Waals surface area contributed by atoms with Crippen molar-refractivity contribution in [3.8, 4) is 10.0 Å². The summed E-state index contributed by atoms with van der Waals surface area (Å²) >= 11 is 2.97. The Bertz CT molecular complexity index is 963. The molecule has 0 aliphatic heterocycles. The molecule has 1 aliphatic carbocycles. The number of hydrazone groups is 1. The number of allylic oxidation sites excluding steroid dienone is 1. The Hall–Kier alpha value is -2.27. The maximum Gasteiger partial charge on any atom is 0.431 e. The van der Waals surface area contributed by atoms with Gasteiger partial charge in [0.1, 0.15) is 11.4 Å². The lowest BCUT2D eigenvalue weighted by Crippen LogP contribution is -2.28. The molecule has 1 amide bonds. The lowest BCUT2D eigenvalue weighted by molar-refractivity contribution is -0.0610. The summed E-state index contributed by atoms with van der Waals surface area (Å²) in [6.07, 6.45) is -0.340. The third kappa shape index (κ3) is 6.61. The van der Waals surface area contributed by atoms with Gasteiger partial charge in [-0.3, -0.25) is 10.2 Å². The fraction of sp³-hybridized carbons (Fsp3) is 0.524. The highest BCUT2D eigenvalue weighted by atomic mass is 32.1. The summed E-state index contributed by atoms with van der Waals surface area (Å²) < 4.78 is 39.6. The summed E-state index contributed by atoms with van der Waals surface area (Å²) in [5.41, 5.74) is 2.35. The molecule has 174 valence electrons. The van der Waals surface area contributed by atoms with Gasteiger partial charge in [-0.05, 0) is 43.9 Å². The number of amides is 1. The molecule has 2 heterocycles. The van der Waals surface area contributed by atoms with Crippen LogP contribution in [0.25, 0.3) is 10.0 Å². The molecule has 0 bridgehead atoms. The van der Waals surface area contributed by atoms with Crippen molar-refractivity contribution in [1.82, 2.24) is 20.7 Å². The van der Waals surface area contributed by atoms with Gasteiger partial charge in [0.25, 0.3) is 5.91 Å². The second-order valence-corrected chi connectivity index (χ2v) is 9.83. The molecular formula is C21H26F3N5OS2. The van der Waals surface area contributed by atoms with E-state index in [4.69, 9.17) is 0 Å². The van der Waals surface area contributed by atoms with Gasteiger partial charge in [0.15, 0.2) is 10.0 Å². The smallest absolute Gasteiger partial charge is 0.351 e. The summed E-state index contributed by atoms with van der Waals surface area (Å²) in [5.74, 6) is 0.0528. The zero-order chi connectivity index (χ0) is 23.3. The van der Waals surface area contributed by atoms with Crippen LogP contribution in [0, 0.1) is 5.92 Å². The Labute approximate surface area is 193 Å². The molecule has 1 aliphatic rings. The number of halogens is 3. The normalized spacial score (nSPS) is 14.6. The first-order chi connectivity index (χ1) is 15.2. The molecule has 2 aromatic rings. The molecule has 0 spiro atoms. The van der Waals surface area contributed by atoms with Crippen molar-refractivity contribution in [2.24, 2.45) is 11.0 Å². The first kappa shape index (κ1) is 24.4. The minimum absolute atomic E-state index is 0.0224. The Morgan fingerprint density at radius 3 is 2.66 bits per heavy atom. The third-order valence-electron chi connectivity index (χ3n) is 4.92. The number of rotatable bonds is 11. The first-order valence-corrected chi connectivity index (χ1v) is 12.1. The maximum atomic E-state index is 13.2. The standard InChI is InChI=1S/C21H26F3N5OS2/c1-12(2)13(3)28-29-15(21(22,23)24)6-4-5-9-25-18(30)16-17(14-7-8-14)32-20(27-16)19-26-10-11-31-19/h10-12,14,28H,3-9H2,1-2H3,(H,25,30)/b29-15-. The molecule has 2 N–H and O–H groups in total. The summed E-state index contributed by atoms with van der Waals surface area (Å²) in [7, 11) is 0. The average Bonchev–Trinajstić information content (AvgIpc) is 3.24. The van der Waals surface area contributed by atoms with Crippen LogP contribution < -0.4 is 10.7 Å². The molecular weight excluding hydrogens is 459 g/mol. The van der Waals surface area contributed by atoms with Crippen LogP contribution in [-0.2, 0) is 0 Å². The van der Waals surface area contributed by atoms with Crippen LogP contribution in [0.4, 0.5) is 13.2 Å². The van der Waals surface area contributed by atoms with E-state index in [1.165, 1.54) is 22.7 Å². The van der Waals surface area contributed by atoms with Crippen LogP contribution >= 0.6 is 22.7 Å². The third-order valence-corrected chi connectivity index (χ3v) is 7.05. The molecule has 1 fully saturated rings. The van der Waals surface area contributed by atoms with E-state index < -0.39 is 11.9 Å². The first-order valence-electron chi connectivity index (χ1n) is 10.4. The molecule has 0 atom stereocenters. The molecule has 0 radical (unpaired) electrons. The molecule has 1 saturated carbocycles. The van der Waals surface area contributed by atoms with E-state index >= 15 is 0 Å². The minimum Gasteiger partial charge on any atom is -0.351 e. The average molecular weight is 486 g/mol. The fourth-order valence-corrected chi connectivity index (χ4v) is 4.68. The fourth-order valence-electron chi connectivity index (χ4n) is 2.77. The molecule has 0 unspecified atom stereocenters. The molecule has 0 aromatic carbocycles. The lowest BCUT2D eigenvalue weighted by atomic mass is 10.1. The Morgan fingerprint density at radius 2 is 2.06 bits per heavy atom. The SMILES string of the molecule is C=C(N/N=C(/CCCCNC(=O)c1nc(-c2nccs2)sc1C1CC1)C(F)(F)F)C(C)C. The van der Waals surface area contributed by atoms with E-state index in [0.29, 0.717) is 23.7 Å². The zero-order valence-electron chi connectivity index (χ0n) is 18.0. The van der Waals surface area contributed by atoms with Crippen molar-refractivity contribution < 1.29 is 18.0 Å². The van der Waals surface area contributed by atoms with Gasteiger partial charge in [0.2, 0.25) is 0 Å². The van der Waals surface area contributed by atoms with E-state index in [-0.39, 0.29) is 31.2 Å². The van der Waals surface area contributed by atoms with E-state index in [2.05, 4.69) is 32.4 Å². The molecule has 32 heavy (non-hydrogen) atoms. The number of carbonyl (C=O) groups is 1. The summed E-state index contributed by atoms with van der Waals surface area (Å²) in [6, 6.07) is 0. The monoisotopic (exact) mass is 485 g/mol. The van der Waals surface area contributed by atoms with Gasteiger partial charge in [0, 0.05) is 28.7 Å². The van der Waals surface area contributed by atoms with Crippen molar-refractivity contribution in [1.29, 1.82) is 0 Å². The number of nitrogens with zero attached hydrogens (tertiary/aromatic N) is 3. The number of hydrogen-bond acceptors (Lipinski definition) is 7. The van der Waals surface area contributed by atoms with Crippen molar-refractivity contribution in [3.63, 3.8) is 0 Å². The molecule has 6 nitrogen and oxygen atoms in total. The highest BCUT2D eigenvalue weighted by molar-refractivity contribution is 7.20. The lowest BCUT2D eigenvalue weighted by Gasteiger charge is -2.13. The van der Waals surface area contributed by atoms with Gasteiger partial charge in [0.05, 0.1) is 0 Å². The number of unbranched alkanes of at least 4 members (excludes halogenated alkanes) is 1. The summed E-state index contributed by atoms with van der Waals surface area (Å²) in [4.78, 5) is 22.4.